The predicted molar refractivity (Wildman–Crippen MR) is 78.3 cm³/mol. The highest BCUT2D eigenvalue weighted by Gasteiger charge is 2.18. The van der Waals surface area contributed by atoms with E-state index >= 15 is 0 Å². The van der Waals surface area contributed by atoms with Crippen molar-refractivity contribution in [3.63, 3.8) is 0 Å². The fourth-order valence-electron chi connectivity index (χ4n) is 2.37. The van der Waals surface area contributed by atoms with E-state index in [1.54, 1.807) is 11.3 Å². The molecule has 2 aromatic heterocycles. The summed E-state index contributed by atoms with van der Waals surface area (Å²) in [5.41, 5.74) is 2.05. The molecule has 0 spiro atoms. The minimum Gasteiger partial charge on any atom is -0.308 e. The molecular formula is C14H13N5S. The van der Waals surface area contributed by atoms with Crippen LogP contribution in [0, 0.1) is 0 Å². The maximum atomic E-state index is 4.71. The number of thiazole rings is 1. The van der Waals surface area contributed by atoms with Gasteiger partial charge in [-0.25, -0.2) is 4.98 Å². The van der Waals surface area contributed by atoms with E-state index in [1.165, 1.54) is 0 Å². The molecular weight excluding hydrogens is 270 g/mol. The molecule has 1 aromatic carbocycles. The van der Waals surface area contributed by atoms with Gasteiger partial charge < -0.3 is 9.88 Å². The molecule has 1 aliphatic rings. The second-order valence-corrected chi connectivity index (χ2v) is 5.53. The van der Waals surface area contributed by atoms with Crippen LogP contribution in [-0.2, 0) is 13.1 Å². The van der Waals surface area contributed by atoms with Crippen LogP contribution in [0.2, 0.25) is 0 Å². The molecule has 100 valence electrons. The van der Waals surface area contributed by atoms with Crippen molar-refractivity contribution in [2.75, 3.05) is 6.54 Å². The summed E-state index contributed by atoms with van der Waals surface area (Å²) in [5.74, 6) is 1.86. The molecule has 0 aliphatic carbocycles. The zero-order valence-corrected chi connectivity index (χ0v) is 11.6. The van der Waals surface area contributed by atoms with Crippen LogP contribution < -0.4 is 5.32 Å². The van der Waals surface area contributed by atoms with Gasteiger partial charge in [-0.2, -0.15) is 0 Å². The molecule has 1 aliphatic heterocycles. The summed E-state index contributed by atoms with van der Waals surface area (Å²) in [5, 5.41) is 14.9. The molecule has 0 fully saturated rings. The van der Waals surface area contributed by atoms with E-state index in [2.05, 4.69) is 37.6 Å². The average molecular weight is 283 g/mol. The quantitative estimate of drug-likeness (QED) is 0.783. The molecule has 0 amide bonds. The Balaban J connectivity index is 1.74. The van der Waals surface area contributed by atoms with Gasteiger partial charge in [0.1, 0.15) is 16.5 Å². The largest absolute Gasteiger partial charge is 0.308 e. The van der Waals surface area contributed by atoms with Crippen molar-refractivity contribution in [2.24, 2.45) is 0 Å². The second kappa shape index (κ2) is 4.81. The number of rotatable bonds is 2. The third kappa shape index (κ3) is 1.93. The zero-order chi connectivity index (χ0) is 13.4. The maximum Gasteiger partial charge on any atom is 0.183 e. The summed E-state index contributed by atoms with van der Waals surface area (Å²) in [6.45, 7) is 2.63. The van der Waals surface area contributed by atoms with E-state index in [9.17, 15) is 0 Å². The van der Waals surface area contributed by atoms with Crippen molar-refractivity contribution < 1.29 is 0 Å². The Hall–Kier alpha value is -2.05. The number of hydrogen-bond acceptors (Lipinski definition) is 5. The normalized spacial score (nSPS) is 14.2. The molecule has 0 radical (unpaired) electrons. The summed E-state index contributed by atoms with van der Waals surface area (Å²) in [6, 6.07) is 10.2. The maximum absolute atomic E-state index is 4.71. The Morgan fingerprint density at radius 3 is 2.95 bits per heavy atom. The Morgan fingerprint density at radius 1 is 1.15 bits per heavy atom. The Labute approximate surface area is 120 Å². The van der Waals surface area contributed by atoms with Crippen LogP contribution in [-0.4, -0.2) is 26.3 Å². The average Bonchev–Trinajstić information content (AvgIpc) is 3.14. The summed E-state index contributed by atoms with van der Waals surface area (Å²) >= 11 is 1.64. The summed E-state index contributed by atoms with van der Waals surface area (Å²) in [4.78, 5) is 4.71. The lowest BCUT2D eigenvalue weighted by molar-refractivity contribution is 0.508. The number of benzene rings is 1. The van der Waals surface area contributed by atoms with Gasteiger partial charge in [0.25, 0.3) is 0 Å². The molecule has 3 heterocycles. The van der Waals surface area contributed by atoms with E-state index < -0.39 is 0 Å². The molecule has 20 heavy (non-hydrogen) atoms. The first kappa shape index (κ1) is 11.7. The van der Waals surface area contributed by atoms with Crippen molar-refractivity contribution in [2.45, 2.75) is 13.1 Å². The van der Waals surface area contributed by atoms with Crippen LogP contribution in [0.25, 0.3) is 22.1 Å². The smallest absolute Gasteiger partial charge is 0.183 e. The summed E-state index contributed by atoms with van der Waals surface area (Å²) in [7, 11) is 0. The van der Waals surface area contributed by atoms with Gasteiger partial charge in [-0.3, -0.25) is 0 Å². The fraction of sp³-hybridized carbons (Fsp3) is 0.214. The molecule has 6 heteroatoms. The molecule has 0 unspecified atom stereocenters. The minimum absolute atomic E-state index is 0.780. The molecule has 1 N–H and O–H groups in total. The molecule has 0 saturated carbocycles. The van der Waals surface area contributed by atoms with Gasteiger partial charge in [0.2, 0.25) is 0 Å². The van der Waals surface area contributed by atoms with Crippen molar-refractivity contribution in [1.29, 1.82) is 0 Å². The van der Waals surface area contributed by atoms with Gasteiger partial charge in [-0.1, -0.05) is 30.3 Å². The number of aromatic nitrogens is 4. The predicted octanol–water partition coefficient (Wildman–Crippen LogP) is 2.17. The van der Waals surface area contributed by atoms with E-state index in [1.807, 2.05) is 18.2 Å². The molecule has 0 bridgehead atoms. The molecule has 3 aromatic rings. The highest BCUT2D eigenvalue weighted by atomic mass is 32.1. The summed E-state index contributed by atoms with van der Waals surface area (Å²) < 4.78 is 2.15. The van der Waals surface area contributed by atoms with E-state index in [-0.39, 0.29) is 0 Å². The van der Waals surface area contributed by atoms with E-state index in [0.717, 1.165) is 47.5 Å². The van der Waals surface area contributed by atoms with E-state index in [0.29, 0.717) is 0 Å². The van der Waals surface area contributed by atoms with Gasteiger partial charge >= 0.3 is 0 Å². The van der Waals surface area contributed by atoms with Crippen molar-refractivity contribution in [3.8, 4) is 22.1 Å². The first-order chi connectivity index (χ1) is 9.92. The lowest BCUT2D eigenvalue weighted by Gasteiger charge is -2.15. The van der Waals surface area contributed by atoms with Crippen LogP contribution in [0.4, 0.5) is 0 Å². The highest BCUT2D eigenvalue weighted by Crippen LogP contribution is 2.28. The first-order valence-electron chi connectivity index (χ1n) is 6.56. The minimum atomic E-state index is 0.780. The van der Waals surface area contributed by atoms with Crippen LogP contribution >= 0.6 is 11.3 Å². The standard InChI is InChI=1S/C14H13N5S/c1-2-4-10(5-3-1)14-16-11(9-20-14)13-18-17-12-8-15-6-7-19(12)13/h1-5,9,15H,6-8H2. The van der Waals surface area contributed by atoms with Gasteiger partial charge in [0.05, 0.1) is 6.54 Å². The Bertz CT molecular complexity index is 731. The van der Waals surface area contributed by atoms with Crippen molar-refractivity contribution in [3.05, 3.63) is 41.5 Å². The third-order valence-corrected chi connectivity index (χ3v) is 4.27. The lowest BCUT2D eigenvalue weighted by Crippen LogP contribution is -2.28. The van der Waals surface area contributed by atoms with Crippen molar-refractivity contribution in [1.82, 2.24) is 25.1 Å². The molecule has 0 saturated heterocycles. The zero-order valence-electron chi connectivity index (χ0n) is 10.8. The lowest BCUT2D eigenvalue weighted by atomic mass is 10.2. The number of nitrogens with one attached hydrogen (secondary N) is 1. The van der Waals surface area contributed by atoms with Gasteiger partial charge in [-0.05, 0) is 0 Å². The van der Waals surface area contributed by atoms with Crippen molar-refractivity contribution >= 4 is 11.3 Å². The number of hydrogen-bond donors (Lipinski definition) is 1. The first-order valence-corrected chi connectivity index (χ1v) is 7.44. The monoisotopic (exact) mass is 283 g/mol. The molecule has 0 atom stereocenters. The molecule has 5 nitrogen and oxygen atoms in total. The summed E-state index contributed by atoms with van der Waals surface area (Å²) in [6.07, 6.45) is 0. The fourth-order valence-corrected chi connectivity index (χ4v) is 3.18. The third-order valence-electron chi connectivity index (χ3n) is 3.38. The van der Waals surface area contributed by atoms with Crippen LogP contribution in [0.15, 0.2) is 35.7 Å². The van der Waals surface area contributed by atoms with E-state index in [4.69, 9.17) is 4.98 Å². The van der Waals surface area contributed by atoms with Crippen LogP contribution in [0.1, 0.15) is 5.82 Å². The van der Waals surface area contributed by atoms with Gasteiger partial charge in [-0.15, -0.1) is 21.5 Å². The highest BCUT2D eigenvalue weighted by molar-refractivity contribution is 7.13. The molecule has 4 rings (SSSR count). The Kier molecular flexibility index (Phi) is 2.82. The van der Waals surface area contributed by atoms with Crippen LogP contribution in [0.3, 0.4) is 0 Å². The SMILES string of the molecule is c1ccc(-c2nc(-c3nnc4n3CCNC4)cs2)cc1. The van der Waals surface area contributed by atoms with Gasteiger partial charge in [0, 0.05) is 24.0 Å². The van der Waals surface area contributed by atoms with Crippen LogP contribution in [0.5, 0.6) is 0 Å². The van der Waals surface area contributed by atoms with Gasteiger partial charge in [0.15, 0.2) is 5.82 Å². The number of fused-ring (bicyclic) bond motifs is 1. The Morgan fingerprint density at radius 2 is 2.05 bits per heavy atom. The second-order valence-electron chi connectivity index (χ2n) is 4.67. The topological polar surface area (TPSA) is 55.6 Å². The number of nitrogens with zero attached hydrogens (tertiary/aromatic N) is 4.